The van der Waals surface area contributed by atoms with E-state index >= 15 is 0 Å². The van der Waals surface area contributed by atoms with Crippen LogP contribution in [0.4, 0.5) is 0 Å². The molecule has 0 saturated carbocycles. The molecule has 0 amide bonds. The lowest BCUT2D eigenvalue weighted by molar-refractivity contribution is -0.142. The molecule has 92 valence electrons. The Morgan fingerprint density at radius 1 is 1.53 bits per heavy atom. The van der Waals surface area contributed by atoms with Crippen molar-refractivity contribution >= 4 is 33.4 Å². The van der Waals surface area contributed by atoms with Crippen LogP contribution in [-0.4, -0.2) is 21.0 Å². The van der Waals surface area contributed by atoms with Gasteiger partial charge in [-0.2, -0.15) is 0 Å². The van der Waals surface area contributed by atoms with Gasteiger partial charge in [0.2, 0.25) is 0 Å². The third-order valence-corrected chi connectivity index (χ3v) is 4.62. The number of carbonyl (C=O) groups excluding carboxylic acids is 1. The van der Waals surface area contributed by atoms with Crippen molar-refractivity contribution in [2.24, 2.45) is 0 Å². The Kier molecular flexibility index (Phi) is 3.21. The summed E-state index contributed by atoms with van der Waals surface area (Å²) in [5.74, 6) is -0.443. The summed E-state index contributed by atoms with van der Waals surface area (Å²) in [5.41, 5.74) is 0.346. The Morgan fingerprint density at radius 2 is 2.29 bits per heavy atom. The second-order valence-corrected chi connectivity index (χ2v) is 6.00. The number of rotatable bonds is 3. The van der Waals surface area contributed by atoms with Gasteiger partial charge in [-0.25, -0.2) is 8.42 Å². The van der Waals surface area contributed by atoms with Crippen molar-refractivity contribution in [2.75, 3.05) is 6.61 Å². The van der Waals surface area contributed by atoms with Crippen molar-refractivity contribution in [3.63, 3.8) is 0 Å². The molecule has 0 aliphatic carbocycles. The molecule has 0 atom stereocenters. The Labute approximate surface area is 103 Å². The lowest BCUT2D eigenvalue weighted by Gasteiger charge is -2.15. The standard InChI is InChI=1S/C10H11NO4S2/c1-2-15-10(12)6-7-5-8-9(3-4-16-8)17(13,14)11-7/h3-5,11H,2,6H2,1H3. The van der Waals surface area contributed by atoms with Crippen LogP contribution in [0, 0.1) is 0 Å². The fourth-order valence-corrected chi connectivity index (χ4v) is 3.97. The van der Waals surface area contributed by atoms with Crippen LogP contribution in [-0.2, 0) is 19.6 Å². The number of esters is 1. The van der Waals surface area contributed by atoms with Crippen molar-refractivity contribution in [3.8, 4) is 0 Å². The van der Waals surface area contributed by atoms with E-state index in [0.717, 1.165) is 0 Å². The molecule has 0 aromatic carbocycles. The van der Waals surface area contributed by atoms with Crippen LogP contribution in [0.1, 0.15) is 18.2 Å². The molecule has 17 heavy (non-hydrogen) atoms. The molecule has 2 rings (SSSR count). The smallest absolute Gasteiger partial charge is 0.311 e. The van der Waals surface area contributed by atoms with Gasteiger partial charge < -0.3 is 4.74 Å². The molecular formula is C10H11NO4S2. The van der Waals surface area contributed by atoms with Gasteiger partial charge >= 0.3 is 5.97 Å². The molecule has 0 fully saturated rings. The lowest BCUT2D eigenvalue weighted by atomic mass is 10.3. The van der Waals surface area contributed by atoms with Gasteiger partial charge in [-0.05, 0) is 24.4 Å². The largest absolute Gasteiger partial charge is 0.466 e. The third-order valence-electron chi connectivity index (χ3n) is 2.16. The summed E-state index contributed by atoms with van der Waals surface area (Å²) in [6.45, 7) is 1.98. The summed E-state index contributed by atoms with van der Waals surface area (Å²) >= 11 is 1.32. The third kappa shape index (κ3) is 2.50. The van der Waals surface area contributed by atoms with Gasteiger partial charge in [-0.3, -0.25) is 9.52 Å². The zero-order valence-corrected chi connectivity index (χ0v) is 10.7. The molecule has 0 saturated heterocycles. The lowest BCUT2D eigenvalue weighted by Crippen LogP contribution is -2.27. The average molecular weight is 273 g/mol. The van der Waals surface area contributed by atoms with E-state index in [1.807, 2.05) is 0 Å². The second-order valence-electron chi connectivity index (χ2n) is 3.41. The van der Waals surface area contributed by atoms with Gasteiger partial charge in [-0.15, -0.1) is 11.3 Å². The van der Waals surface area contributed by atoms with Crippen molar-refractivity contribution in [1.29, 1.82) is 0 Å². The van der Waals surface area contributed by atoms with E-state index in [-0.39, 0.29) is 17.9 Å². The molecule has 0 spiro atoms. The van der Waals surface area contributed by atoms with Crippen LogP contribution in [0.2, 0.25) is 0 Å². The molecule has 0 bridgehead atoms. The maximum atomic E-state index is 11.8. The first-order valence-corrected chi connectivity index (χ1v) is 7.35. The molecular weight excluding hydrogens is 262 g/mol. The van der Waals surface area contributed by atoms with E-state index in [2.05, 4.69) is 4.72 Å². The minimum Gasteiger partial charge on any atom is -0.466 e. The number of ether oxygens (including phenoxy) is 1. The highest BCUT2D eigenvalue weighted by Gasteiger charge is 2.25. The number of fused-ring (bicyclic) bond motifs is 1. The molecule has 0 radical (unpaired) electrons. The molecule has 1 N–H and O–H groups in total. The SMILES string of the molecule is CCOC(=O)CC1=Cc2sccc2S(=O)(=O)N1. The van der Waals surface area contributed by atoms with E-state index in [1.165, 1.54) is 11.3 Å². The van der Waals surface area contributed by atoms with Crippen molar-refractivity contribution in [1.82, 2.24) is 4.72 Å². The molecule has 0 unspecified atom stereocenters. The predicted octanol–water partition coefficient (Wildman–Crippen LogP) is 1.33. The van der Waals surface area contributed by atoms with Crippen molar-refractivity contribution in [3.05, 3.63) is 22.0 Å². The maximum absolute atomic E-state index is 11.8. The maximum Gasteiger partial charge on any atom is 0.311 e. The topological polar surface area (TPSA) is 72.5 Å². The first kappa shape index (κ1) is 12.1. The molecule has 1 aromatic rings. The van der Waals surface area contributed by atoms with Crippen LogP contribution < -0.4 is 4.72 Å². The summed E-state index contributed by atoms with van der Waals surface area (Å²) in [5, 5.41) is 1.70. The molecule has 1 aromatic heterocycles. The number of nitrogens with one attached hydrogen (secondary N) is 1. The first-order valence-electron chi connectivity index (χ1n) is 4.99. The van der Waals surface area contributed by atoms with Gasteiger partial charge in [0.1, 0.15) is 4.90 Å². The summed E-state index contributed by atoms with van der Waals surface area (Å²) in [4.78, 5) is 12.2. The number of sulfonamides is 1. The van der Waals surface area contributed by atoms with Gasteiger partial charge in [0.05, 0.1) is 13.0 Å². The van der Waals surface area contributed by atoms with Gasteiger partial charge in [-0.1, -0.05) is 0 Å². The van der Waals surface area contributed by atoms with E-state index in [0.29, 0.717) is 10.6 Å². The highest BCUT2D eigenvalue weighted by molar-refractivity contribution is 7.90. The predicted molar refractivity (Wildman–Crippen MR) is 63.9 cm³/mol. The Bertz CT molecular complexity index is 571. The number of hydrogen-bond donors (Lipinski definition) is 1. The normalized spacial score (nSPS) is 16.6. The molecule has 5 nitrogen and oxygen atoms in total. The fourth-order valence-electron chi connectivity index (χ4n) is 1.51. The molecule has 1 aliphatic heterocycles. The fraction of sp³-hybridized carbons (Fsp3) is 0.300. The zero-order chi connectivity index (χ0) is 12.5. The highest BCUT2D eigenvalue weighted by Crippen LogP contribution is 2.29. The highest BCUT2D eigenvalue weighted by atomic mass is 32.2. The monoisotopic (exact) mass is 273 g/mol. The quantitative estimate of drug-likeness (QED) is 0.843. The summed E-state index contributed by atoms with van der Waals surface area (Å²) in [7, 11) is -3.52. The average Bonchev–Trinajstić information content (AvgIpc) is 2.65. The van der Waals surface area contributed by atoms with E-state index in [9.17, 15) is 13.2 Å². The molecule has 2 heterocycles. The second kappa shape index (κ2) is 4.50. The van der Waals surface area contributed by atoms with Crippen LogP contribution in [0.15, 0.2) is 22.0 Å². The van der Waals surface area contributed by atoms with Gasteiger partial charge in [0.25, 0.3) is 10.0 Å². The first-order chi connectivity index (χ1) is 8.03. The van der Waals surface area contributed by atoms with Crippen LogP contribution in [0.25, 0.3) is 6.08 Å². The molecule has 7 heteroatoms. The number of hydrogen-bond acceptors (Lipinski definition) is 5. The van der Waals surface area contributed by atoms with Crippen molar-refractivity contribution in [2.45, 2.75) is 18.2 Å². The van der Waals surface area contributed by atoms with Crippen LogP contribution in [0.5, 0.6) is 0 Å². The minimum atomic E-state index is -3.52. The van der Waals surface area contributed by atoms with E-state index in [1.54, 1.807) is 24.4 Å². The Balaban J connectivity index is 2.26. The number of thiophene rings is 1. The van der Waals surface area contributed by atoms with E-state index in [4.69, 9.17) is 4.74 Å². The zero-order valence-electron chi connectivity index (χ0n) is 9.10. The molecule has 1 aliphatic rings. The van der Waals surface area contributed by atoms with Crippen LogP contribution in [0.3, 0.4) is 0 Å². The summed E-state index contributed by atoms with van der Waals surface area (Å²) in [6.07, 6.45) is 1.60. The number of carbonyl (C=O) groups is 1. The minimum absolute atomic E-state index is 0.0651. The van der Waals surface area contributed by atoms with Gasteiger partial charge in [0, 0.05) is 10.6 Å². The Morgan fingerprint density at radius 3 is 3.00 bits per heavy atom. The Hall–Kier alpha value is -1.34. The van der Waals surface area contributed by atoms with Crippen LogP contribution >= 0.6 is 11.3 Å². The van der Waals surface area contributed by atoms with Gasteiger partial charge in [0.15, 0.2) is 0 Å². The van der Waals surface area contributed by atoms with E-state index < -0.39 is 16.0 Å². The van der Waals surface area contributed by atoms with Crippen molar-refractivity contribution < 1.29 is 17.9 Å². The summed E-state index contributed by atoms with van der Waals surface area (Å²) < 4.78 is 30.7. The summed E-state index contributed by atoms with van der Waals surface area (Å²) in [6, 6.07) is 1.54.